The summed E-state index contributed by atoms with van der Waals surface area (Å²) in [6.45, 7) is 8.48. The van der Waals surface area contributed by atoms with E-state index in [-0.39, 0.29) is 0 Å². The van der Waals surface area contributed by atoms with Crippen molar-refractivity contribution in [1.82, 2.24) is 20.2 Å². The van der Waals surface area contributed by atoms with Gasteiger partial charge in [0.05, 0.1) is 12.0 Å². The van der Waals surface area contributed by atoms with Crippen LogP contribution in [0.15, 0.2) is 0 Å². The molecule has 1 heterocycles. The van der Waals surface area contributed by atoms with E-state index in [1.54, 1.807) is 4.68 Å². The highest BCUT2D eigenvalue weighted by Gasteiger charge is 2.37. The molecule has 120 valence electrons. The molecular weight excluding hydrogens is 268 g/mol. The van der Waals surface area contributed by atoms with Crippen molar-refractivity contribution >= 4 is 5.97 Å². The monoisotopic (exact) mass is 296 g/mol. The Hall–Kier alpha value is -1.46. The van der Waals surface area contributed by atoms with Crippen LogP contribution in [0.5, 0.6) is 0 Å². The number of carboxylic acids is 1. The molecule has 0 bridgehead atoms. The average molecular weight is 296 g/mol. The Kier molecular flexibility index (Phi) is 6.78. The van der Waals surface area contributed by atoms with E-state index in [4.69, 9.17) is 0 Å². The molecule has 0 unspecified atom stereocenters. The molecular formula is C15H28N4O2. The number of hydrogen-bond acceptors (Lipinski definition) is 4. The summed E-state index contributed by atoms with van der Waals surface area (Å²) in [6.07, 6.45) is 5.36. The number of carbonyl (C=O) groups is 1. The van der Waals surface area contributed by atoms with Gasteiger partial charge in [0.25, 0.3) is 0 Å². The topological polar surface area (TPSA) is 80.9 Å². The minimum absolute atomic E-state index is 0.315. The summed E-state index contributed by atoms with van der Waals surface area (Å²) >= 11 is 0. The summed E-state index contributed by atoms with van der Waals surface area (Å²) in [5.41, 5.74) is -0.785. The van der Waals surface area contributed by atoms with Crippen molar-refractivity contribution in [2.45, 2.75) is 78.7 Å². The SMILES string of the molecule is CCCC(CCC)c1nnnn1CC(CC)(CC)C(=O)O. The van der Waals surface area contributed by atoms with Crippen LogP contribution in [0.3, 0.4) is 0 Å². The van der Waals surface area contributed by atoms with E-state index in [1.165, 1.54) is 0 Å². The molecule has 1 rings (SSSR count). The highest BCUT2D eigenvalue weighted by molar-refractivity contribution is 5.74. The number of aromatic nitrogens is 4. The van der Waals surface area contributed by atoms with Crippen LogP contribution in [-0.4, -0.2) is 31.3 Å². The van der Waals surface area contributed by atoms with Gasteiger partial charge in [-0.3, -0.25) is 4.79 Å². The fourth-order valence-corrected chi connectivity index (χ4v) is 2.85. The smallest absolute Gasteiger partial charge is 0.311 e. The third kappa shape index (κ3) is 4.02. The average Bonchev–Trinajstić information content (AvgIpc) is 2.92. The maximum atomic E-state index is 11.7. The Bertz CT molecular complexity index is 435. The van der Waals surface area contributed by atoms with E-state index in [1.807, 2.05) is 13.8 Å². The summed E-state index contributed by atoms with van der Waals surface area (Å²) in [7, 11) is 0. The van der Waals surface area contributed by atoms with Gasteiger partial charge in [-0.25, -0.2) is 4.68 Å². The molecule has 0 saturated carbocycles. The number of nitrogens with zero attached hydrogens (tertiary/aromatic N) is 4. The maximum absolute atomic E-state index is 11.7. The van der Waals surface area contributed by atoms with Crippen molar-refractivity contribution in [2.24, 2.45) is 5.41 Å². The molecule has 1 aromatic heterocycles. The molecule has 6 heteroatoms. The molecule has 0 aliphatic heterocycles. The third-order valence-electron chi connectivity index (χ3n) is 4.46. The lowest BCUT2D eigenvalue weighted by Gasteiger charge is -2.27. The fourth-order valence-electron chi connectivity index (χ4n) is 2.85. The first kappa shape index (κ1) is 17.6. The zero-order valence-corrected chi connectivity index (χ0v) is 13.7. The lowest BCUT2D eigenvalue weighted by Crippen LogP contribution is -2.35. The normalized spacial score (nSPS) is 12.0. The molecule has 0 fully saturated rings. The molecule has 0 atom stereocenters. The number of tetrazole rings is 1. The van der Waals surface area contributed by atoms with Gasteiger partial charge < -0.3 is 5.11 Å². The molecule has 0 aromatic carbocycles. The first-order valence-electron chi connectivity index (χ1n) is 8.04. The second-order valence-electron chi connectivity index (χ2n) is 5.76. The molecule has 21 heavy (non-hydrogen) atoms. The van der Waals surface area contributed by atoms with E-state index < -0.39 is 11.4 Å². The molecule has 0 aliphatic carbocycles. The first-order chi connectivity index (χ1) is 10.0. The summed E-state index contributed by atoms with van der Waals surface area (Å²) in [5.74, 6) is 0.387. The van der Waals surface area contributed by atoms with Gasteiger partial charge in [0, 0.05) is 5.92 Å². The van der Waals surface area contributed by atoms with Crippen molar-refractivity contribution in [1.29, 1.82) is 0 Å². The van der Waals surface area contributed by atoms with Gasteiger partial charge in [0.15, 0.2) is 5.82 Å². The molecule has 0 aliphatic rings. The van der Waals surface area contributed by atoms with E-state index in [0.717, 1.165) is 31.5 Å². The predicted octanol–water partition coefficient (Wildman–Crippen LogP) is 3.25. The van der Waals surface area contributed by atoms with Crippen LogP contribution >= 0.6 is 0 Å². The molecule has 0 radical (unpaired) electrons. The van der Waals surface area contributed by atoms with E-state index >= 15 is 0 Å². The lowest BCUT2D eigenvalue weighted by atomic mass is 9.82. The van der Waals surface area contributed by atoms with Crippen LogP contribution in [0.25, 0.3) is 0 Å². The van der Waals surface area contributed by atoms with Crippen molar-refractivity contribution in [2.75, 3.05) is 0 Å². The zero-order valence-electron chi connectivity index (χ0n) is 13.7. The lowest BCUT2D eigenvalue weighted by molar-refractivity contribution is -0.150. The van der Waals surface area contributed by atoms with Crippen molar-refractivity contribution < 1.29 is 9.90 Å². The fraction of sp³-hybridized carbons (Fsp3) is 0.867. The molecule has 6 nitrogen and oxygen atoms in total. The van der Waals surface area contributed by atoms with Crippen molar-refractivity contribution in [3.05, 3.63) is 5.82 Å². The first-order valence-corrected chi connectivity index (χ1v) is 8.04. The highest BCUT2D eigenvalue weighted by atomic mass is 16.4. The third-order valence-corrected chi connectivity index (χ3v) is 4.46. The van der Waals surface area contributed by atoms with Crippen LogP contribution in [-0.2, 0) is 11.3 Å². The zero-order chi connectivity index (χ0) is 15.9. The minimum atomic E-state index is -0.785. The number of carboxylic acid groups (broad SMARTS) is 1. The van der Waals surface area contributed by atoms with Gasteiger partial charge in [0.2, 0.25) is 0 Å². The highest BCUT2D eigenvalue weighted by Crippen LogP contribution is 2.31. The van der Waals surface area contributed by atoms with Crippen LogP contribution in [0.2, 0.25) is 0 Å². The second kappa shape index (κ2) is 8.10. The largest absolute Gasteiger partial charge is 0.481 e. The Morgan fingerprint density at radius 1 is 1.19 bits per heavy atom. The molecule has 0 spiro atoms. The second-order valence-corrected chi connectivity index (χ2v) is 5.76. The van der Waals surface area contributed by atoms with E-state index in [9.17, 15) is 9.90 Å². The van der Waals surface area contributed by atoms with Gasteiger partial charge in [0.1, 0.15) is 0 Å². The predicted molar refractivity (Wildman–Crippen MR) is 81.0 cm³/mol. The van der Waals surface area contributed by atoms with Crippen molar-refractivity contribution in [3.8, 4) is 0 Å². The van der Waals surface area contributed by atoms with Crippen LogP contribution in [0.1, 0.15) is 78.0 Å². The van der Waals surface area contributed by atoms with Crippen LogP contribution in [0, 0.1) is 5.41 Å². The van der Waals surface area contributed by atoms with Gasteiger partial charge >= 0.3 is 5.97 Å². The molecule has 1 N–H and O–H groups in total. The van der Waals surface area contributed by atoms with E-state index in [2.05, 4.69) is 29.4 Å². The summed E-state index contributed by atoms with van der Waals surface area (Å²) in [6, 6.07) is 0. The maximum Gasteiger partial charge on any atom is 0.311 e. The summed E-state index contributed by atoms with van der Waals surface area (Å²) in [5, 5.41) is 21.6. The van der Waals surface area contributed by atoms with Gasteiger partial charge in [-0.15, -0.1) is 5.10 Å². The summed E-state index contributed by atoms with van der Waals surface area (Å²) < 4.78 is 1.72. The van der Waals surface area contributed by atoms with Crippen molar-refractivity contribution in [3.63, 3.8) is 0 Å². The Balaban J connectivity index is 3.04. The van der Waals surface area contributed by atoms with Gasteiger partial charge in [-0.05, 0) is 36.1 Å². The van der Waals surface area contributed by atoms with Crippen LogP contribution in [0.4, 0.5) is 0 Å². The van der Waals surface area contributed by atoms with Crippen LogP contribution < -0.4 is 0 Å². The molecule has 0 saturated heterocycles. The standard InChI is InChI=1S/C15H28N4O2/c1-5-9-12(10-6-2)13-16-17-18-19(13)11-15(7-3,8-4)14(20)21/h12H,5-11H2,1-4H3,(H,20,21). The van der Waals surface area contributed by atoms with E-state index in [0.29, 0.717) is 25.3 Å². The van der Waals surface area contributed by atoms with Gasteiger partial charge in [-0.1, -0.05) is 40.5 Å². The quantitative estimate of drug-likeness (QED) is 0.716. The summed E-state index contributed by atoms with van der Waals surface area (Å²) in [4.78, 5) is 11.7. The number of aliphatic carboxylic acids is 1. The molecule has 1 aromatic rings. The Labute approximate surface area is 126 Å². The minimum Gasteiger partial charge on any atom is -0.481 e. The Morgan fingerprint density at radius 2 is 1.76 bits per heavy atom. The Morgan fingerprint density at radius 3 is 2.19 bits per heavy atom. The number of rotatable bonds is 10. The van der Waals surface area contributed by atoms with Gasteiger partial charge in [-0.2, -0.15) is 0 Å². The number of hydrogen-bond donors (Lipinski definition) is 1. The molecule has 0 amide bonds.